The van der Waals surface area contributed by atoms with E-state index in [1.807, 2.05) is 12.4 Å². The predicted octanol–water partition coefficient (Wildman–Crippen LogP) is 2.19. The van der Waals surface area contributed by atoms with Crippen molar-refractivity contribution in [3.05, 3.63) is 18.0 Å². The average Bonchev–Trinajstić information content (AvgIpc) is 2.34. The molecular weight excluding hydrogens is 200 g/mol. The highest BCUT2D eigenvalue weighted by Crippen LogP contribution is 2.01. The summed E-state index contributed by atoms with van der Waals surface area (Å²) in [6.07, 6.45) is 5.97. The van der Waals surface area contributed by atoms with Gasteiger partial charge in [0.05, 0.1) is 0 Å². The van der Waals surface area contributed by atoms with Crippen molar-refractivity contribution in [2.75, 3.05) is 11.9 Å². The summed E-state index contributed by atoms with van der Waals surface area (Å²) < 4.78 is 0. The fourth-order valence-electron chi connectivity index (χ4n) is 1.21. The van der Waals surface area contributed by atoms with E-state index >= 15 is 0 Å². The highest BCUT2D eigenvalue weighted by atomic mass is 15.1. The first-order valence-electron chi connectivity index (χ1n) is 6.04. The van der Waals surface area contributed by atoms with Crippen LogP contribution in [0.4, 0.5) is 5.95 Å². The molecule has 1 atom stereocenters. The zero-order chi connectivity index (χ0) is 11.8. The zero-order valence-electron chi connectivity index (χ0n) is 10.5. The fourth-order valence-corrected chi connectivity index (χ4v) is 1.21. The molecular formula is C12H22N4. The second-order valence-electron chi connectivity index (χ2n) is 4.03. The van der Waals surface area contributed by atoms with Crippen LogP contribution in [0.1, 0.15) is 39.2 Å². The Hall–Kier alpha value is -1.16. The van der Waals surface area contributed by atoms with Crippen molar-refractivity contribution >= 4 is 5.95 Å². The minimum Gasteiger partial charge on any atom is -0.354 e. The van der Waals surface area contributed by atoms with Crippen LogP contribution in [0.2, 0.25) is 0 Å². The standard InChI is InChI=1S/C12H22N4/c1-4-6-13-12-15-8-11(9-16-12)7-14-10(3)5-2/h8-10,14H,4-7H2,1-3H3,(H,13,15,16)/t10-/m1/s1. The summed E-state index contributed by atoms with van der Waals surface area (Å²) in [6, 6.07) is 0.540. The third-order valence-corrected chi connectivity index (χ3v) is 2.51. The Balaban J connectivity index is 2.38. The molecule has 0 saturated heterocycles. The van der Waals surface area contributed by atoms with Crippen LogP contribution in [0.15, 0.2) is 12.4 Å². The van der Waals surface area contributed by atoms with E-state index in [4.69, 9.17) is 0 Å². The second kappa shape index (κ2) is 7.17. The van der Waals surface area contributed by atoms with Crippen LogP contribution in [0.5, 0.6) is 0 Å². The zero-order valence-corrected chi connectivity index (χ0v) is 10.5. The molecule has 1 aromatic rings. The van der Waals surface area contributed by atoms with Crippen LogP contribution in [-0.2, 0) is 6.54 Å². The third kappa shape index (κ3) is 4.57. The Morgan fingerprint density at radius 1 is 1.25 bits per heavy atom. The Morgan fingerprint density at radius 2 is 1.94 bits per heavy atom. The van der Waals surface area contributed by atoms with Gasteiger partial charge in [-0.1, -0.05) is 13.8 Å². The topological polar surface area (TPSA) is 49.8 Å². The summed E-state index contributed by atoms with van der Waals surface area (Å²) >= 11 is 0. The first-order chi connectivity index (χ1) is 7.76. The summed E-state index contributed by atoms with van der Waals surface area (Å²) in [4.78, 5) is 8.52. The van der Waals surface area contributed by atoms with Gasteiger partial charge < -0.3 is 10.6 Å². The summed E-state index contributed by atoms with van der Waals surface area (Å²) in [7, 11) is 0. The van der Waals surface area contributed by atoms with Gasteiger partial charge in [0.25, 0.3) is 0 Å². The van der Waals surface area contributed by atoms with E-state index in [9.17, 15) is 0 Å². The summed E-state index contributed by atoms with van der Waals surface area (Å²) in [5.74, 6) is 0.717. The number of anilines is 1. The van der Waals surface area contributed by atoms with Crippen molar-refractivity contribution < 1.29 is 0 Å². The van der Waals surface area contributed by atoms with E-state index in [1.54, 1.807) is 0 Å². The van der Waals surface area contributed by atoms with E-state index in [2.05, 4.69) is 41.4 Å². The normalized spacial score (nSPS) is 12.4. The molecule has 0 radical (unpaired) electrons. The second-order valence-corrected chi connectivity index (χ2v) is 4.03. The van der Waals surface area contributed by atoms with Gasteiger partial charge in [0.2, 0.25) is 5.95 Å². The largest absolute Gasteiger partial charge is 0.354 e. The van der Waals surface area contributed by atoms with Crippen LogP contribution >= 0.6 is 0 Å². The van der Waals surface area contributed by atoms with Crippen molar-refractivity contribution in [3.8, 4) is 0 Å². The molecule has 1 rings (SSSR count). The monoisotopic (exact) mass is 222 g/mol. The van der Waals surface area contributed by atoms with E-state index in [1.165, 1.54) is 0 Å². The Bertz CT molecular complexity index is 284. The van der Waals surface area contributed by atoms with Crippen LogP contribution in [0.3, 0.4) is 0 Å². The molecule has 0 unspecified atom stereocenters. The molecule has 0 bridgehead atoms. The average molecular weight is 222 g/mol. The Morgan fingerprint density at radius 3 is 2.50 bits per heavy atom. The van der Waals surface area contributed by atoms with Gasteiger partial charge in [-0.15, -0.1) is 0 Å². The van der Waals surface area contributed by atoms with Crippen molar-refractivity contribution in [1.29, 1.82) is 0 Å². The minimum absolute atomic E-state index is 0.540. The van der Waals surface area contributed by atoms with E-state index in [0.29, 0.717) is 12.0 Å². The summed E-state index contributed by atoms with van der Waals surface area (Å²) in [6.45, 7) is 8.23. The van der Waals surface area contributed by atoms with Gasteiger partial charge in [0, 0.05) is 37.1 Å². The van der Waals surface area contributed by atoms with E-state index < -0.39 is 0 Å². The van der Waals surface area contributed by atoms with Gasteiger partial charge in [-0.25, -0.2) is 9.97 Å². The highest BCUT2D eigenvalue weighted by molar-refractivity contribution is 5.24. The molecule has 4 nitrogen and oxygen atoms in total. The number of hydrogen-bond donors (Lipinski definition) is 2. The molecule has 1 aromatic heterocycles. The van der Waals surface area contributed by atoms with Crippen LogP contribution in [0, 0.1) is 0 Å². The maximum atomic E-state index is 4.26. The molecule has 0 saturated carbocycles. The molecule has 2 N–H and O–H groups in total. The fraction of sp³-hybridized carbons (Fsp3) is 0.667. The lowest BCUT2D eigenvalue weighted by molar-refractivity contribution is 0.533. The molecule has 0 fully saturated rings. The number of aromatic nitrogens is 2. The molecule has 0 spiro atoms. The highest BCUT2D eigenvalue weighted by Gasteiger charge is 1.99. The molecule has 0 aliphatic heterocycles. The van der Waals surface area contributed by atoms with Gasteiger partial charge in [-0.05, 0) is 19.8 Å². The SMILES string of the molecule is CCCNc1ncc(CN[C@H](C)CC)cn1. The molecule has 0 aliphatic carbocycles. The summed E-state index contributed by atoms with van der Waals surface area (Å²) in [5, 5.41) is 6.57. The molecule has 16 heavy (non-hydrogen) atoms. The maximum absolute atomic E-state index is 4.26. The number of hydrogen-bond acceptors (Lipinski definition) is 4. The number of nitrogens with zero attached hydrogens (tertiary/aromatic N) is 2. The number of rotatable bonds is 7. The first-order valence-corrected chi connectivity index (χ1v) is 6.04. The smallest absolute Gasteiger partial charge is 0.222 e. The summed E-state index contributed by atoms with van der Waals surface area (Å²) in [5.41, 5.74) is 1.13. The van der Waals surface area contributed by atoms with Crippen LogP contribution in [0.25, 0.3) is 0 Å². The van der Waals surface area contributed by atoms with Gasteiger partial charge >= 0.3 is 0 Å². The van der Waals surface area contributed by atoms with E-state index in [0.717, 1.165) is 31.5 Å². The molecule has 4 heteroatoms. The van der Waals surface area contributed by atoms with Gasteiger partial charge in [-0.2, -0.15) is 0 Å². The van der Waals surface area contributed by atoms with Crippen LogP contribution in [-0.4, -0.2) is 22.6 Å². The van der Waals surface area contributed by atoms with E-state index in [-0.39, 0.29) is 0 Å². The lowest BCUT2D eigenvalue weighted by Gasteiger charge is -2.10. The van der Waals surface area contributed by atoms with Gasteiger partial charge in [0.15, 0.2) is 0 Å². The maximum Gasteiger partial charge on any atom is 0.222 e. The van der Waals surface area contributed by atoms with Gasteiger partial charge in [0.1, 0.15) is 0 Å². The Labute approximate surface area is 97.9 Å². The first kappa shape index (κ1) is 12.9. The lowest BCUT2D eigenvalue weighted by Crippen LogP contribution is -2.24. The van der Waals surface area contributed by atoms with Crippen molar-refractivity contribution in [3.63, 3.8) is 0 Å². The quantitative estimate of drug-likeness (QED) is 0.742. The number of nitrogens with one attached hydrogen (secondary N) is 2. The van der Waals surface area contributed by atoms with Crippen LogP contribution < -0.4 is 10.6 Å². The Kier molecular flexibility index (Phi) is 5.78. The lowest BCUT2D eigenvalue weighted by atomic mass is 10.2. The molecule has 90 valence electrons. The van der Waals surface area contributed by atoms with Crippen molar-refractivity contribution in [1.82, 2.24) is 15.3 Å². The van der Waals surface area contributed by atoms with Crippen molar-refractivity contribution in [2.24, 2.45) is 0 Å². The van der Waals surface area contributed by atoms with Gasteiger partial charge in [-0.3, -0.25) is 0 Å². The predicted molar refractivity (Wildman–Crippen MR) is 67.4 cm³/mol. The minimum atomic E-state index is 0.540. The third-order valence-electron chi connectivity index (χ3n) is 2.51. The molecule has 0 aliphatic rings. The molecule has 0 aromatic carbocycles. The molecule has 1 heterocycles. The van der Waals surface area contributed by atoms with Crippen molar-refractivity contribution in [2.45, 2.75) is 46.2 Å². The molecule has 0 amide bonds.